The Morgan fingerprint density at radius 2 is 1.79 bits per heavy atom. The van der Waals surface area contributed by atoms with Crippen molar-refractivity contribution in [1.82, 2.24) is 15.5 Å². The van der Waals surface area contributed by atoms with E-state index in [-0.39, 0.29) is 18.0 Å². The van der Waals surface area contributed by atoms with Crippen LogP contribution in [0.1, 0.15) is 24.5 Å². The van der Waals surface area contributed by atoms with Crippen molar-refractivity contribution in [3.63, 3.8) is 0 Å². The zero-order valence-corrected chi connectivity index (χ0v) is 19.6. The molecular weight excluding hydrogens is 434 g/mol. The van der Waals surface area contributed by atoms with Gasteiger partial charge in [0.05, 0.1) is 6.04 Å². The Morgan fingerprint density at radius 3 is 2.58 bits per heavy atom. The SMILES string of the molecule is CCNC(=O)[C@@H]1C[C@@H](NCc2cccc(Oc3ccccc3)c2)CN1Cc1ccccc1Cl. The summed E-state index contributed by atoms with van der Waals surface area (Å²) in [5.41, 5.74) is 2.18. The van der Waals surface area contributed by atoms with Gasteiger partial charge in [-0.2, -0.15) is 0 Å². The lowest BCUT2D eigenvalue weighted by atomic mass is 10.1. The van der Waals surface area contributed by atoms with E-state index < -0.39 is 0 Å². The number of nitrogens with one attached hydrogen (secondary N) is 2. The number of rotatable bonds is 9. The summed E-state index contributed by atoms with van der Waals surface area (Å²) in [6.45, 7) is 4.72. The lowest BCUT2D eigenvalue weighted by Crippen LogP contribution is -2.42. The molecule has 3 aromatic carbocycles. The van der Waals surface area contributed by atoms with Crippen molar-refractivity contribution in [2.45, 2.75) is 38.5 Å². The summed E-state index contributed by atoms with van der Waals surface area (Å²) < 4.78 is 5.96. The number of likely N-dealkylation sites (tertiary alicyclic amines) is 1. The minimum absolute atomic E-state index is 0.0760. The third kappa shape index (κ3) is 6.35. The topological polar surface area (TPSA) is 53.6 Å². The average Bonchev–Trinajstić information content (AvgIpc) is 3.23. The molecule has 0 radical (unpaired) electrons. The molecule has 1 fully saturated rings. The van der Waals surface area contributed by atoms with Gasteiger partial charge in [0.2, 0.25) is 5.91 Å². The van der Waals surface area contributed by atoms with Gasteiger partial charge >= 0.3 is 0 Å². The van der Waals surface area contributed by atoms with E-state index in [1.165, 1.54) is 0 Å². The lowest BCUT2D eigenvalue weighted by Gasteiger charge is -2.23. The number of benzene rings is 3. The quantitative estimate of drug-likeness (QED) is 0.469. The second-order valence-corrected chi connectivity index (χ2v) is 8.71. The van der Waals surface area contributed by atoms with Gasteiger partial charge in [-0.3, -0.25) is 9.69 Å². The van der Waals surface area contributed by atoms with Crippen LogP contribution in [0.15, 0.2) is 78.9 Å². The summed E-state index contributed by atoms with van der Waals surface area (Å²) >= 11 is 6.39. The van der Waals surface area contributed by atoms with Crippen LogP contribution >= 0.6 is 11.6 Å². The summed E-state index contributed by atoms with van der Waals surface area (Å²) in [6.07, 6.45) is 0.760. The molecule has 4 rings (SSSR count). The van der Waals surface area contributed by atoms with Crippen molar-refractivity contribution in [2.24, 2.45) is 0 Å². The fraction of sp³-hybridized carbons (Fsp3) is 0.296. The van der Waals surface area contributed by atoms with Gasteiger partial charge < -0.3 is 15.4 Å². The molecule has 1 amide bonds. The van der Waals surface area contributed by atoms with Crippen molar-refractivity contribution in [3.8, 4) is 11.5 Å². The van der Waals surface area contributed by atoms with Gasteiger partial charge in [0, 0.05) is 37.2 Å². The first-order valence-corrected chi connectivity index (χ1v) is 11.8. The van der Waals surface area contributed by atoms with Crippen LogP contribution in [0.25, 0.3) is 0 Å². The average molecular weight is 464 g/mol. The van der Waals surface area contributed by atoms with E-state index in [4.69, 9.17) is 16.3 Å². The number of para-hydroxylation sites is 1. The smallest absolute Gasteiger partial charge is 0.237 e. The van der Waals surface area contributed by atoms with Gasteiger partial charge in [-0.15, -0.1) is 0 Å². The standard InChI is InChI=1S/C27H30ClN3O2/c1-2-29-27(32)26-16-22(19-31(26)18-21-10-6-7-14-25(21)28)30-17-20-9-8-13-24(15-20)33-23-11-4-3-5-12-23/h3-15,22,26,30H,2,16-19H2,1H3,(H,29,32)/t22-,26+/m1/s1. The van der Waals surface area contributed by atoms with Crippen molar-refractivity contribution in [2.75, 3.05) is 13.1 Å². The fourth-order valence-corrected chi connectivity index (χ4v) is 4.44. The zero-order chi connectivity index (χ0) is 23.0. The molecule has 6 heteroatoms. The predicted octanol–water partition coefficient (Wildman–Crippen LogP) is 5.00. The maximum atomic E-state index is 12.7. The molecule has 1 saturated heterocycles. The minimum Gasteiger partial charge on any atom is -0.457 e. The number of nitrogens with zero attached hydrogens (tertiary/aromatic N) is 1. The van der Waals surface area contributed by atoms with Crippen molar-refractivity contribution in [1.29, 1.82) is 0 Å². The third-order valence-corrected chi connectivity index (χ3v) is 6.23. The van der Waals surface area contributed by atoms with Crippen LogP contribution in [0.3, 0.4) is 0 Å². The normalized spacial score (nSPS) is 18.2. The molecule has 0 bridgehead atoms. The van der Waals surface area contributed by atoms with E-state index in [2.05, 4.69) is 27.7 Å². The van der Waals surface area contributed by atoms with Crippen LogP contribution < -0.4 is 15.4 Å². The first kappa shape index (κ1) is 23.3. The van der Waals surface area contributed by atoms with Crippen LogP contribution in [-0.4, -0.2) is 36.0 Å². The van der Waals surface area contributed by atoms with E-state index >= 15 is 0 Å². The molecule has 0 spiro atoms. The summed E-state index contributed by atoms with van der Waals surface area (Å²) in [4.78, 5) is 15.0. The molecule has 5 nitrogen and oxygen atoms in total. The number of carbonyl (C=O) groups is 1. The van der Waals surface area contributed by atoms with Crippen LogP contribution in [-0.2, 0) is 17.9 Å². The predicted molar refractivity (Wildman–Crippen MR) is 133 cm³/mol. The molecular formula is C27H30ClN3O2. The summed E-state index contributed by atoms with van der Waals surface area (Å²) in [6, 6.07) is 25.7. The lowest BCUT2D eigenvalue weighted by molar-refractivity contribution is -0.125. The van der Waals surface area contributed by atoms with E-state index in [1.54, 1.807) is 0 Å². The van der Waals surface area contributed by atoms with Crippen LogP contribution in [0.5, 0.6) is 11.5 Å². The highest BCUT2D eigenvalue weighted by Gasteiger charge is 2.36. The molecule has 3 aromatic rings. The number of ether oxygens (including phenoxy) is 1. The molecule has 2 N–H and O–H groups in total. The van der Waals surface area contributed by atoms with E-state index in [9.17, 15) is 4.79 Å². The fourth-order valence-electron chi connectivity index (χ4n) is 4.24. The number of halogens is 1. The second kappa shape index (κ2) is 11.3. The number of hydrogen-bond acceptors (Lipinski definition) is 4. The first-order chi connectivity index (χ1) is 16.1. The third-order valence-electron chi connectivity index (χ3n) is 5.86. The molecule has 2 atom stereocenters. The summed E-state index contributed by atoms with van der Waals surface area (Å²) in [5.74, 6) is 1.71. The van der Waals surface area contributed by atoms with E-state index in [0.717, 1.165) is 40.6 Å². The molecule has 1 aliphatic rings. The Kier molecular flexibility index (Phi) is 8.00. The Hall–Kier alpha value is -2.86. The highest BCUT2D eigenvalue weighted by molar-refractivity contribution is 6.31. The van der Waals surface area contributed by atoms with Crippen molar-refractivity contribution in [3.05, 3.63) is 95.0 Å². The van der Waals surface area contributed by atoms with Gasteiger partial charge in [0.25, 0.3) is 0 Å². The van der Waals surface area contributed by atoms with E-state index in [1.807, 2.05) is 73.7 Å². The number of likely N-dealkylation sites (N-methyl/N-ethyl adjacent to an activating group) is 1. The second-order valence-electron chi connectivity index (χ2n) is 8.31. The molecule has 0 unspecified atom stereocenters. The van der Waals surface area contributed by atoms with E-state index in [0.29, 0.717) is 19.6 Å². The molecule has 0 aliphatic carbocycles. The van der Waals surface area contributed by atoms with Crippen molar-refractivity contribution < 1.29 is 9.53 Å². The van der Waals surface area contributed by atoms with Gasteiger partial charge in [-0.25, -0.2) is 0 Å². The monoisotopic (exact) mass is 463 g/mol. The maximum absolute atomic E-state index is 12.7. The molecule has 0 saturated carbocycles. The van der Waals surface area contributed by atoms with Crippen LogP contribution in [0.4, 0.5) is 0 Å². The van der Waals surface area contributed by atoms with Crippen LogP contribution in [0, 0.1) is 0 Å². The van der Waals surface area contributed by atoms with Gasteiger partial charge in [-0.05, 0) is 54.8 Å². The maximum Gasteiger partial charge on any atom is 0.237 e. The molecule has 1 heterocycles. The highest BCUT2D eigenvalue weighted by Crippen LogP contribution is 2.25. The molecule has 172 valence electrons. The zero-order valence-electron chi connectivity index (χ0n) is 18.8. The minimum atomic E-state index is -0.175. The Bertz CT molecular complexity index is 1060. The largest absolute Gasteiger partial charge is 0.457 e. The molecule has 33 heavy (non-hydrogen) atoms. The van der Waals surface area contributed by atoms with Gasteiger partial charge in [0.1, 0.15) is 11.5 Å². The Morgan fingerprint density at radius 1 is 1.03 bits per heavy atom. The molecule has 0 aromatic heterocycles. The Labute approximate surface area is 200 Å². The van der Waals surface area contributed by atoms with Crippen LogP contribution in [0.2, 0.25) is 5.02 Å². The molecule has 1 aliphatic heterocycles. The summed E-state index contributed by atoms with van der Waals surface area (Å²) in [7, 11) is 0. The first-order valence-electron chi connectivity index (χ1n) is 11.4. The number of hydrogen-bond donors (Lipinski definition) is 2. The Balaban J connectivity index is 1.39. The van der Waals surface area contributed by atoms with Gasteiger partial charge in [-0.1, -0.05) is 60.1 Å². The summed E-state index contributed by atoms with van der Waals surface area (Å²) in [5, 5.41) is 7.36. The van der Waals surface area contributed by atoms with Crippen molar-refractivity contribution >= 4 is 17.5 Å². The number of carbonyl (C=O) groups excluding carboxylic acids is 1. The number of amides is 1. The highest BCUT2D eigenvalue weighted by atomic mass is 35.5. The van der Waals surface area contributed by atoms with Gasteiger partial charge in [0.15, 0.2) is 0 Å².